The summed E-state index contributed by atoms with van der Waals surface area (Å²) >= 11 is 12.1. The number of hydrogen-bond donors (Lipinski definition) is 1. The molecule has 2 heterocycles. The highest BCUT2D eigenvalue weighted by Gasteiger charge is 2.27. The van der Waals surface area contributed by atoms with Crippen LogP contribution in [0.25, 0.3) is 0 Å². The number of halogens is 2. The lowest BCUT2D eigenvalue weighted by atomic mass is 10.1. The van der Waals surface area contributed by atoms with Gasteiger partial charge in [0.1, 0.15) is 6.10 Å². The van der Waals surface area contributed by atoms with Gasteiger partial charge in [0.15, 0.2) is 5.69 Å². The van der Waals surface area contributed by atoms with Gasteiger partial charge in [-0.1, -0.05) is 58.7 Å². The molecule has 0 saturated heterocycles. The van der Waals surface area contributed by atoms with Crippen molar-refractivity contribution < 1.29 is 9.53 Å². The summed E-state index contributed by atoms with van der Waals surface area (Å²) in [5.41, 5.74) is 2.78. The Labute approximate surface area is 166 Å². The Balaban J connectivity index is 1.45. The Morgan fingerprint density at radius 2 is 1.96 bits per heavy atom. The molecule has 1 N–H and O–H groups in total. The largest absolute Gasteiger partial charge is 0.365 e. The maximum atomic E-state index is 12.5. The molecule has 3 aromatic rings. The van der Waals surface area contributed by atoms with Gasteiger partial charge in [-0.25, -0.2) is 4.68 Å². The second-order valence-corrected chi connectivity index (χ2v) is 7.04. The van der Waals surface area contributed by atoms with Crippen LogP contribution in [-0.2, 0) is 24.4 Å². The molecule has 1 atom stereocenters. The van der Waals surface area contributed by atoms with Crippen LogP contribution in [0.3, 0.4) is 0 Å². The molecule has 1 aliphatic rings. The van der Waals surface area contributed by atoms with E-state index in [-0.39, 0.29) is 24.3 Å². The highest BCUT2D eigenvalue weighted by atomic mass is 35.5. The van der Waals surface area contributed by atoms with Crippen molar-refractivity contribution >= 4 is 29.1 Å². The van der Waals surface area contributed by atoms with E-state index >= 15 is 0 Å². The van der Waals surface area contributed by atoms with Crippen molar-refractivity contribution in [3.8, 4) is 0 Å². The van der Waals surface area contributed by atoms with Crippen molar-refractivity contribution in [3.63, 3.8) is 0 Å². The Kier molecular flexibility index (Phi) is 5.11. The summed E-state index contributed by atoms with van der Waals surface area (Å²) < 4.78 is 7.63. The summed E-state index contributed by atoms with van der Waals surface area (Å²) in [6, 6.07) is 14.9. The fourth-order valence-electron chi connectivity index (χ4n) is 2.97. The molecule has 2 aromatic carbocycles. The number of benzene rings is 2. The van der Waals surface area contributed by atoms with Crippen molar-refractivity contribution in [2.75, 3.05) is 0 Å². The van der Waals surface area contributed by atoms with Gasteiger partial charge in [-0.3, -0.25) is 4.79 Å². The molecule has 27 heavy (non-hydrogen) atoms. The SMILES string of the molecule is O=C(NCc1ccccc1Cl)c1nnn2c1CO[C@H](c1ccc(Cl)cc1)C2. The molecule has 4 rings (SSSR count). The molecule has 1 aromatic heterocycles. The Hall–Kier alpha value is -2.41. The molecular weight excluding hydrogens is 387 g/mol. The Morgan fingerprint density at radius 1 is 1.19 bits per heavy atom. The summed E-state index contributed by atoms with van der Waals surface area (Å²) in [4.78, 5) is 12.5. The van der Waals surface area contributed by atoms with Gasteiger partial charge in [-0.2, -0.15) is 0 Å². The third kappa shape index (κ3) is 3.83. The van der Waals surface area contributed by atoms with E-state index < -0.39 is 0 Å². The second-order valence-electron chi connectivity index (χ2n) is 6.19. The highest BCUT2D eigenvalue weighted by Crippen LogP contribution is 2.27. The summed E-state index contributed by atoms with van der Waals surface area (Å²) in [7, 11) is 0. The van der Waals surface area contributed by atoms with Gasteiger partial charge in [0.2, 0.25) is 0 Å². The third-order valence-electron chi connectivity index (χ3n) is 4.45. The molecule has 1 aliphatic heterocycles. The molecule has 0 saturated carbocycles. The molecule has 6 nitrogen and oxygen atoms in total. The van der Waals surface area contributed by atoms with Gasteiger partial charge >= 0.3 is 0 Å². The lowest BCUT2D eigenvalue weighted by Gasteiger charge is -2.24. The second kappa shape index (κ2) is 7.68. The van der Waals surface area contributed by atoms with Gasteiger partial charge in [0.25, 0.3) is 5.91 Å². The molecule has 138 valence electrons. The van der Waals surface area contributed by atoms with E-state index in [1.165, 1.54) is 0 Å². The first-order valence-corrected chi connectivity index (χ1v) is 9.18. The molecule has 8 heteroatoms. The zero-order chi connectivity index (χ0) is 18.8. The smallest absolute Gasteiger partial charge is 0.274 e. The lowest BCUT2D eigenvalue weighted by Crippen LogP contribution is -2.27. The summed E-state index contributed by atoms with van der Waals surface area (Å²) in [6.45, 7) is 1.07. The maximum absolute atomic E-state index is 12.5. The van der Waals surface area contributed by atoms with Crippen LogP contribution in [0.2, 0.25) is 10.0 Å². The number of carbonyl (C=O) groups is 1. The molecule has 0 unspecified atom stereocenters. The predicted octanol–water partition coefficient (Wildman–Crippen LogP) is 3.79. The van der Waals surface area contributed by atoms with Crippen molar-refractivity contribution in [1.29, 1.82) is 0 Å². The normalized spacial score (nSPS) is 16.0. The Morgan fingerprint density at radius 3 is 2.74 bits per heavy atom. The first-order valence-electron chi connectivity index (χ1n) is 8.43. The lowest BCUT2D eigenvalue weighted by molar-refractivity contribution is -0.00176. The zero-order valence-electron chi connectivity index (χ0n) is 14.2. The molecule has 0 radical (unpaired) electrons. The van der Waals surface area contributed by atoms with Gasteiger partial charge < -0.3 is 10.1 Å². The quantitative estimate of drug-likeness (QED) is 0.720. The van der Waals surface area contributed by atoms with Gasteiger partial charge in [0, 0.05) is 16.6 Å². The van der Waals surface area contributed by atoms with Crippen LogP contribution >= 0.6 is 23.2 Å². The summed E-state index contributed by atoms with van der Waals surface area (Å²) in [6.07, 6.45) is -0.157. The number of rotatable bonds is 4. The van der Waals surface area contributed by atoms with Crippen molar-refractivity contribution in [3.05, 3.63) is 81.1 Å². The van der Waals surface area contributed by atoms with Crippen LogP contribution in [0, 0.1) is 0 Å². The van der Waals surface area contributed by atoms with E-state index in [1.54, 1.807) is 10.7 Å². The summed E-state index contributed by atoms with van der Waals surface area (Å²) in [5.74, 6) is -0.301. The third-order valence-corrected chi connectivity index (χ3v) is 5.07. The standard InChI is InChI=1S/C19H16Cl2N4O2/c20-14-7-5-12(6-8-14)17-10-25-16(11-27-17)18(23-24-25)19(26)22-9-13-3-1-2-4-15(13)21/h1-8,17H,9-11H2,(H,22,26)/t17-/m0/s1. The molecule has 0 spiro atoms. The molecule has 0 aliphatic carbocycles. The minimum absolute atomic E-state index is 0.157. The van der Waals surface area contributed by atoms with Crippen molar-refractivity contribution in [2.45, 2.75) is 25.8 Å². The Bertz CT molecular complexity index is 972. The van der Waals surface area contributed by atoms with Crippen molar-refractivity contribution in [1.82, 2.24) is 20.3 Å². The maximum Gasteiger partial charge on any atom is 0.274 e. The van der Waals surface area contributed by atoms with Gasteiger partial charge in [-0.05, 0) is 29.3 Å². The molecule has 0 bridgehead atoms. The highest BCUT2D eigenvalue weighted by molar-refractivity contribution is 6.31. The van der Waals surface area contributed by atoms with Crippen LogP contribution in [-0.4, -0.2) is 20.9 Å². The molecule has 0 fully saturated rings. The zero-order valence-corrected chi connectivity index (χ0v) is 15.7. The number of fused-ring (bicyclic) bond motifs is 1. The topological polar surface area (TPSA) is 69.0 Å². The minimum atomic E-state index is -0.301. The molecule has 1 amide bonds. The van der Waals surface area contributed by atoms with E-state index in [9.17, 15) is 4.79 Å². The number of aromatic nitrogens is 3. The predicted molar refractivity (Wildman–Crippen MR) is 102 cm³/mol. The van der Waals surface area contributed by atoms with E-state index in [0.29, 0.717) is 28.8 Å². The number of amides is 1. The van der Waals surface area contributed by atoms with Crippen molar-refractivity contribution in [2.24, 2.45) is 0 Å². The minimum Gasteiger partial charge on any atom is -0.365 e. The fourth-order valence-corrected chi connectivity index (χ4v) is 3.30. The average Bonchev–Trinajstić information content (AvgIpc) is 3.11. The van der Waals surface area contributed by atoms with Crippen LogP contribution < -0.4 is 5.32 Å². The summed E-state index contributed by atoms with van der Waals surface area (Å²) in [5, 5.41) is 12.3. The number of nitrogens with one attached hydrogen (secondary N) is 1. The number of carbonyl (C=O) groups excluding carboxylic acids is 1. The van der Waals surface area contributed by atoms with E-state index in [0.717, 1.165) is 11.1 Å². The van der Waals surface area contributed by atoms with E-state index in [4.69, 9.17) is 27.9 Å². The van der Waals surface area contributed by atoms with Crippen LogP contribution in [0.15, 0.2) is 48.5 Å². The van der Waals surface area contributed by atoms with E-state index in [1.807, 2.05) is 42.5 Å². The number of ether oxygens (including phenoxy) is 1. The number of hydrogen-bond acceptors (Lipinski definition) is 4. The van der Waals surface area contributed by atoms with Gasteiger partial charge in [0.05, 0.1) is 18.8 Å². The molecular formula is C19H16Cl2N4O2. The van der Waals surface area contributed by atoms with Crippen LogP contribution in [0.1, 0.15) is 33.4 Å². The fraction of sp³-hybridized carbons (Fsp3) is 0.211. The average molecular weight is 403 g/mol. The van der Waals surface area contributed by atoms with Crippen LogP contribution in [0.4, 0.5) is 0 Å². The monoisotopic (exact) mass is 402 g/mol. The van der Waals surface area contributed by atoms with Gasteiger partial charge in [-0.15, -0.1) is 5.10 Å². The first-order chi connectivity index (χ1) is 13.1. The number of nitrogens with zero attached hydrogens (tertiary/aromatic N) is 3. The van der Waals surface area contributed by atoms with Crippen LogP contribution in [0.5, 0.6) is 0 Å². The first kappa shape index (κ1) is 18.0. The van der Waals surface area contributed by atoms with E-state index in [2.05, 4.69) is 15.6 Å².